The Bertz CT molecular complexity index is 930. The summed E-state index contributed by atoms with van der Waals surface area (Å²) in [5.41, 5.74) is 0.699. The van der Waals surface area contributed by atoms with Crippen molar-refractivity contribution in [3.63, 3.8) is 0 Å². The molecule has 1 aromatic carbocycles. The standard InChI is InChI=1S/C20H19N5O2/c26-18(14-7-9-21-22-10-14)25-11-15-6-8-20(16(15)12-25)19(27)23-17(24-20)13-4-2-1-3-5-13/h1-5,7,9-10,15-16H,6,8,11-12H2,(H,23,24,27)/t15-,16+,20-/m1/s1. The van der Waals surface area contributed by atoms with Gasteiger partial charge in [0.1, 0.15) is 11.4 Å². The van der Waals surface area contributed by atoms with Crippen molar-refractivity contribution in [3.8, 4) is 0 Å². The fraction of sp³-hybridized carbons (Fsp3) is 0.350. The highest BCUT2D eigenvalue weighted by atomic mass is 16.2. The van der Waals surface area contributed by atoms with Gasteiger partial charge in [0.25, 0.3) is 11.8 Å². The van der Waals surface area contributed by atoms with Gasteiger partial charge in [-0.15, -0.1) is 0 Å². The number of hydrogen-bond donors (Lipinski definition) is 1. The van der Waals surface area contributed by atoms with E-state index in [0.717, 1.165) is 18.4 Å². The number of carbonyl (C=O) groups is 2. The van der Waals surface area contributed by atoms with Crippen LogP contribution in [0.5, 0.6) is 0 Å². The summed E-state index contributed by atoms with van der Waals surface area (Å²) in [5, 5.41) is 10.5. The van der Waals surface area contributed by atoms with Crippen LogP contribution in [0.4, 0.5) is 0 Å². The zero-order valence-corrected chi connectivity index (χ0v) is 14.7. The number of fused-ring (bicyclic) bond motifs is 2. The van der Waals surface area contributed by atoms with Gasteiger partial charge in [0, 0.05) is 24.6 Å². The molecule has 3 atom stereocenters. The minimum absolute atomic E-state index is 0.0336. The lowest BCUT2D eigenvalue weighted by Gasteiger charge is -2.25. The summed E-state index contributed by atoms with van der Waals surface area (Å²) in [4.78, 5) is 32.4. The number of aromatic nitrogens is 2. The zero-order chi connectivity index (χ0) is 18.4. The Labute approximate surface area is 156 Å². The van der Waals surface area contributed by atoms with Crippen molar-refractivity contribution in [1.82, 2.24) is 20.4 Å². The van der Waals surface area contributed by atoms with Crippen molar-refractivity contribution in [1.29, 1.82) is 0 Å². The molecule has 27 heavy (non-hydrogen) atoms. The summed E-state index contributed by atoms with van der Waals surface area (Å²) in [6.45, 7) is 1.21. The maximum atomic E-state index is 12.9. The van der Waals surface area contributed by atoms with E-state index in [2.05, 4.69) is 15.5 Å². The van der Waals surface area contributed by atoms with Gasteiger partial charge in [0.05, 0.1) is 18.0 Å². The number of hydrogen-bond acceptors (Lipinski definition) is 5. The van der Waals surface area contributed by atoms with Gasteiger partial charge in [-0.3, -0.25) is 14.6 Å². The third kappa shape index (κ3) is 2.45. The van der Waals surface area contributed by atoms with Crippen LogP contribution in [0.25, 0.3) is 0 Å². The van der Waals surface area contributed by atoms with E-state index in [1.165, 1.54) is 12.4 Å². The van der Waals surface area contributed by atoms with Crippen molar-refractivity contribution >= 4 is 17.6 Å². The normalized spacial score (nSPS) is 29.0. The predicted molar refractivity (Wildman–Crippen MR) is 98.0 cm³/mol. The van der Waals surface area contributed by atoms with E-state index in [4.69, 9.17) is 4.99 Å². The highest BCUT2D eigenvalue weighted by Crippen LogP contribution is 2.49. The summed E-state index contributed by atoms with van der Waals surface area (Å²) in [6.07, 6.45) is 4.65. The highest BCUT2D eigenvalue weighted by molar-refractivity contribution is 6.15. The quantitative estimate of drug-likeness (QED) is 0.873. The molecule has 0 unspecified atom stereocenters. The molecule has 1 aromatic heterocycles. The lowest BCUT2D eigenvalue weighted by molar-refractivity contribution is -0.124. The lowest BCUT2D eigenvalue weighted by atomic mass is 9.85. The first-order chi connectivity index (χ1) is 13.2. The fourth-order valence-corrected chi connectivity index (χ4v) is 4.71. The fourth-order valence-electron chi connectivity index (χ4n) is 4.71. The second-order valence-electron chi connectivity index (χ2n) is 7.45. The molecule has 1 aliphatic carbocycles. The Kier molecular flexibility index (Phi) is 3.56. The molecule has 2 aromatic rings. The molecule has 0 bridgehead atoms. The predicted octanol–water partition coefficient (Wildman–Crippen LogP) is 1.27. The summed E-state index contributed by atoms with van der Waals surface area (Å²) < 4.78 is 0. The summed E-state index contributed by atoms with van der Waals surface area (Å²) in [7, 11) is 0. The van der Waals surface area contributed by atoms with Gasteiger partial charge in [-0.1, -0.05) is 30.3 Å². The van der Waals surface area contributed by atoms with Gasteiger partial charge in [0.2, 0.25) is 0 Å². The number of rotatable bonds is 2. The minimum atomic E-state index is -0.749. The first-order valence-corrected chi connectivity index (χ1v) is 9.20. The Morgan fingerprint density at radius 3 is 2.78 bits per heavy atom. The third-order valence-corrected chi connectivity index (χ3v) is 6.05. The van der Waals surface area contributed by atoms with E-state index in [9.17, 15) is 9.59 Å². The smallest absolute Gasteiger partial charge is 0.255 e. The Balaban J connectivity index is 1.42. The van der Waals surface area contributed by atoms with Gasteiger partial charge in [-0.25, -0.2) is 0 Å². The van der Waals surface area contributed by atoms with E-state index in [0.29, 0.717) is 30.4 Å². The summed E-state index contributed by atoms with van der Waals surface area (Å²) in [6, 6.07) is 11.4. The van der Waals surface area contributed by atoms with Gasteiger partial charge < -0.3 is 10.2 Å². The number of benzene rings is 1. The van der Waals surface area contributed by atoms with E-state index in [1.54, 1.807) is 6.07 Å². The van der Waals surface area contributed by atoms with Gasteiger partial charge >= 0.3 is 0 Å². The van der Waals surface area contributed by atoms with Crippen molar-refractivity contribution in [3.05, 3.63) is 59.9 Å². The van der Waals surface area contributed by atoms with E-state index < -0.39 is 5.54 Å². The molecule has 5 rings (SSSR count). The van der Waals surface area contributed by atoms with Crippen molar-refractivity contribution < 1.29 is 9.59 Å². The molecule has 1 saturated heterocycles. The average molecular weight is 361 g/mol. The minimum Gasteiger partial charge on any atom is -0.338 e. The molecule has 2 aliphatic heterocycles. The Morgan fingerprint density at radius 2 is 2.00 bits per heavy atom. The van der Waals surface area contributed by atoms with Crippen LogP contribution in [0.3, 0.4) is 0 Å². The summed E-state index contributed by atoms with van der Waals surface area (Å²) >= 11 is 0. The second kappa shape index (κ2) is 5.97. The van der Waals surface area contributed by atoms with Crippen molar-refractivity contribution in [2.75, 3.05) is 13.1 Å². The molecular formula is C20H19N5O2. The Morgan fingerprint density at radius 1 is 1.15 bits per heavy atom. The molecule has 7 heteroatoms. The van der Waals surface area contributed by atoms with Gasteiger partial charge in [0.15, 0.2) is 0 Å². The van der Waals surface area contributed by atoms with Crippen LogP contribution in [0.15, 0.2) is 53.8 Å². The topological polar surface area (TPSA) is 87.6 Å². The Hall–Kier alpha value is -3.09. The molecule has 2 amide bonds. The van der Waals surface area contributed by atoms with Crippen LogP contribution < -0.4 is 5.32 Å². The second-order valence-corrected chi connectivity index (χ2v) is 7.45. The monoisotopic (exact) mass is 361 g/mol. The molecule has 1 spiro atoms. The van der Waals surface area contributed by atoms with E-state index >= 15 is 0 Å². The molecule has 2 fully saturated rings. The van der Waals surface area contributed by atoms with Crippen LogP contribution >= 0.6 is 0 Å². The summed E-state index contributed by atoms with van der Waals surface area (Å²) in [5.74, 6) is 0.907. The van der Waals surface area contributed by atoms with Crippen LogP contribution in [0.2, 0.25) is 0 Å². The maximum absolute atomic E-state index is 12.9. The lowest BCUT2D eigenvalue weighted by Crippen LogP contribution is -2.45. The largest absolute Gasteiger partial charge is 0.338 e. The molecule has 7 nitrogen and oxygen atoms in total. The van der Waals surface area contributed by atoms with Crippen LogP contribution in [0.1, 0.15) is 28.8 Å². The first-order valence-electron chi connectivity index (χ1n) is 9.20. The van der Waals surface area contributed by atoms with Gasteiger partial charge in [-0.05, 0) is 24.8 Å². The number of amides is 2. The molecule has 3 aliphatic rings. The zero-order valence-electron chi connectivity index (χ0n) is 14.7. The first kappa shape index (κ1) is 16.1. The SMILES string of the molecule is O=C(c1ccnnc1)N1C[C@H]2CC[C@@]3(N=C(c4ccccc4)NC3=O)[C@H]2C1. The third-order valence-electron chi connectivity index (χ3n) is 6.05. The van der Waals surface area contributed by atoms with E-state index in [1.807, 2.05) is 35.2 Å². The number of aliphatic imine (C=N–C) groups is 1. The molecule has 0 radical (unpaired) electrons. The number of likely N-dealkylation sites (tertiary alicyclic amines) is 1. The number of nitrogens with zero attached hydrogens (tertiary/aromatic N) is 4. The van der Waals surface area contributed by atoms with Crippen LogP contribution in [-0.2, 0) is 4.79 Å². The average Bonchev–Trinajstić information content (AvgIpc) is 3.38. The number of amidine groups is 1. The molecular weight excluding hydrogens is 342 g/mol. The van der Waals surface area contributed by atoms with Crippen molar-refractivity contribution in [2.45, 2.75) is 18.4 Å². The molecule has 3 heterocycles. The maximum Gasteiger partial charge on any atom is 0.255 e. The molecule has 136 valence electrons. The van der Waals surface area contributed by atoms with Crippen LogP contribution in [0, 0.1) is 11.8 Å². The molecule has 1 N–H and O–H groups in total. The van der Waals surface area contributed by atoms with Crippen molar-refractivity contribution in [2.24, 2.45) is 16.8 Å². The highest BCUT2D eigenvalue weighted by Gasteiger charge is 2.59. The van der Waals surface area contributed by atoms with E-state index in [-0.39, 0.29) is 17.7 Å². The number of nitrogens with one attached hydrogen (secondary N) is 1. The van der Waals surface area contributed by atoms with Gasteiger partial charge in [-0.2, -0.15) is 10.2 Å². The molecule has 1 saturated carbocycles. The number of carbonyl (C=O) groups excluding carboxylic acids is 2. The van der Waals surface area contributed by atoms with Crippen LogP contribution in [-0.4, -0.2) is 51.4 Å².